The zero-order valence-electron chi connectivity index (χ0n) is 10.5. The van der Waals surface area contributed by atoms with Crippen LogP contribution in [-0.4, -0.2) is 42.1 Å². The summed E-state index contributed by atoms with van der Waals surface area (Å²) in [5.74, 6) is 0.235. The highest BCUT2D eigenvalue weighted by molar-refractivity contribution is 5.91. The molecule has 3 rings (SSSR count). The van der Waals surface area contributed by atoms with Gasteiger partial charge in [0.2, 0.25) is 5.76 Å². The third-order valence-electron chi connectivity index (χ3n) is 3.34. The van der Waals surface area contributed by atoms with Crippen LogP contribution in [0.3, 0.4) is 0 Å². The topological polar surface area (TPSA) is 49.6 Å². The number of rotatable bonds is 2. The molecular weight excluding hydrogens is 242 g/mol. The molecule has 1 saturated heterocycles. The first-order valence-electron chi connectivity index (χ1n) is 6.34. The molecule has 2 aromatic rings. The first-order chi connectivity index (χ1) is 9.34. The van der Waals surface area contributed by atoms with Gasteiger partial charge in [-0.15, -0.1) is 0 Å². The van der Waals surface area contributed by atoms with Gasteiger partial charge in [-0.25, -0.2) is 0 Å². The zero-order chi connectivity index (χ0) is 13.1. The quantitative estimate of drug-likeness (QED) is 0.820. The van der Waals surface area contributed by atoms with E-state index < -0.39 is 0 Å². The Morgan fingerprint density at radius 1 is 1.05 bits per heavy atom. The molecule has 0 radical (unpaired) electrons. The summed E-state index contributed by atoms with van der Waals surface area (Å²) in [6, 6.07) is 11.9. The minimum absolute atomic E-state index is 0.0785. The maximum Gasteiger partial charge on any atom is 0.292 e. The summed E-state index contributed by atoms with van der Waals surface area (Å²) < 4.78 is 4.91. The van der Waals surface area contributed by atoms with Gasteiger partial charge in [-0.2, -0.15) is 0 Å². The van der Waals surface area contributed by atoms with Crippen molar-refractivity contribution in [1.29, 1.82) is 0 Å². The Morgan fingerprint density at radius 2 is 1.79 bits per heavy atom. The van der Waals surface area contributed by atoms with Crippen molar-refractivity contribution >= 4 is 11.6 Å². The number of benzene rings is 1. The van der Waals surface area contributed by atoms with Crippen molar-refractivity contribution in [1.82, 2.24) is 10.1 Å². The van der Waals surface area contributed by atoms with Crippen LogP contribution in [0.4, 0.5) is 5.69 Å². The van der Waals surface area contributed by atoms with Gasteiger partial charge in [0.25, 0.3) is 5.91 Å². The molecule has 5 heteroatoms. The fourth-order valence-electron chi connectivity index (χ4n) is 2.29. The highest BCUT2D eigenvalue weighted by Gasteiger charge is 2.24. The van der Waals surface area contributed by atoms with E-state index >= 15 is 0 Å². The van der Waals surface area contributed by atoms with E-state index in [1.54, 1.807) is 11.0 Å². The minimum atomic E-state index is -0.0785. The predicted molar refractivity (Wildman–Crippen MR) is 71.1 cm³/mol. The third kappa shape index (κ3) is 2.45. The number of amides is 1. The van der Waals surface area contributed by atoms with Crippen LogP contribution in [-0.2, 0) is 0 Å². The standard InChI is InChI=1S/C14H15N3O2/c18-14(13-6-7-15-19-13)17-10-8-16(9-11-17)12-4-2-1-3-5-12/h1-7H,8-11H2. The van der Waals surface area contributed by atoms with Crippen LogP contribution < -0.4 is 4.90 Å². The minimum Gasteiger partial charge on any atom is -0.368 e. The van der Waals surface area contributed by atoms with Crippen LogP contribution in [0, 0.1) is 0 Å². The van der Waals surface area contributed by atoms with Crippen LogP contribution in [0.1, 0.15) is 10.6 Å². The first kappa shape index (κ1) is 11.8. The average molecular weight is 257 g/mol. The molecule has 98 valence electrons. The van der Waals surface area contributed by atoms with Crippen LogP contribution >= 0.6 is 0 Å². The Kier molecular flexibility index (Phi) is 3.18. The van der Waals surface area contributed by atoms with E-state index in [1.807, 2.05) is 18.2 Å². The Bertz CT molecular complexity index is 531. The lowest BCUT2D eigenvalue weighted by atomic mass is 10.2. The summed E-state index contributed by atoms with van der Waals surface area (Å²) in [6.07, 6.45) is 1.49. The van der Waals surface area contributed by atoms with E-state index in [9.17, 15) is 4.79 Å². The third-order valence-corrected chi connectivity index (χ3v) is 3.34. The van der Waals surface area contributed by atoms with Crippen LogP contribution in [0.5, 0.6) is 0 Å². The fourth-order valence-corrected chi connectivity index (χ4v) is 2.29. The molecule has 0 N–H and O–H groups in total. The molecule has 0 spiro atoms. The second kappa shape index (κ2) is 5.14. The number of carbonyl (C=O) groups excluding carboxylic acids is 1. The largest absolute Gasteiger partial charge is 0.368 e. The second-order valence-electron chi connectivity index (χ2n) is 4.49. The summed E-state index contributed by atoms with van der Waals surface area (Å²) in [4.78, 5) is 16.2. The Labute approximate surface area is 111 Å². The highest BCUT2D eigenvalue weighted by Crippen LogP contribution is 2.16. The number of piperazine rings is 1. The highest BCUT2D eigenvalue weighted by atomic mass is 16.5. The molecule has 1 fully saturated rings. The van der Waals surface area contributed by atoms with Gasteiger partial charge in [0, 0.05) is 37.9 Å². The van der Waals surface area contributed by atoms with Gasteiger partial charge in [0.1, 0.15) is 0 Å². The molecule has 1 aromatic carbocycles. The van der Waals surface area contributed by atoms with E-state index in [1.165, 1.54) is 11.9 Å². The van der Waals surface area contributed by atoms with Crippen molar-refractivity contribution in [3.05, 3.63) is 48.4 Å². The number of hydrogen-bond donors (Lipinski definition) is 0. The van der Waals surface area contributed by atoms with Crippen molar-refractivity contribution in [3.63, 3.8) is 0 Å². The van der Waals surface area contributed by atoms with Crippen LogP contribution in [0.15, 0.2) is 47.1 Å². The predicted octanol–water partition coefficient (Wildman–Crippen LogP) is 1.64. The molecule has 0 saturated carbocycles. The van der Waals surface area contributed by atoms with E-state index in [2.05, 4.69) is 22.2 Å². The number of para-hydroxylation sites is 1. The fraction of sp³-hybridized carbons (Fsp3) is 0.286. The zero-order valence-corrected chi connectivity index (χ0v) is 10.5. The molecule has 1 aromatic heterocycles. The molecule has 0 atom stereocenters. The van der Waals surface area contributed by atoms with Crippen molar-refractivity contribution in [2.75, 3.05) is 31.1 Å². The van der Waals surface area contributed by atoms with E-state index in [0.717, 1.165) is 13.1 Å². The van der Waals surface area contributed by atoms with Gasteiger partial charge < -0.3 is 14.3 Å². The van der Waals surface area contributed by atoms with Gasteiger partial charge in [-0.3, -0.25) is 4.79 Å². The van der Waals surface area contributed by atoms with E-state index in [4.69, 9.17) is 4.52 Å². The second-order valence-corrected chi connectivity index (χ2v) is 4.49. The maximum absolute atomic E-state index is 12.1. The molecule has 0 aliphatic carbocycles. The molecule has 5 nitrogen and oxygen atoms in total. The van der Waals surface area contributed by atoms with Crippen molar-refractivity contribution in [2.24, 2.45) is 0 Å². The molecule has 2 heterocycles. The molecule has 1 aliphatic rings. The van der Waals surface area contributed by atoms with E-state index in [-0.39, 0.29) is 5.91 Å². The van der Waals surface area contributed by atoms with Gasteiger partial charge in [-0.1, -0.05) is 23.4 Å². The monoisotopic (exact) mass is 257 g/mol. The number of carbonyl (C=O) groups is 1. The lowest BCUT2D eigenvalue weighted by Gasteiger charge is -2.35. The molecular formula is C14H15N3O2. The van der Waals surface area contributed by atoms with Crippen molar-refractivity contribution < 1.29 is 9.32 Å². The van der Waals surface area contributed by atoms with Gasteiger partial charge in [0.15, 0.2) is 0 Å². The molecule has 0 bridgehead atoms. The summed E-state index contributed by atoms with van der Waals surface area (Å²) in [6.45, 7) is 3.08. The summed E-state index contributed by atoms with van der Waals surface area (Å²) in [5.41, 5.74) is 1.20. The molecule has 19 heavy (non-hydrogen) atoms. The van der Waals surface area contributed by atoms with Crippen LogP contribution in [0.25, 0.3) is 0 Å². The van der Waals surface area contributed by atoms with Crippen molar-refractivity contribution in [2.45, 2.75) is 0 Å². The Balaban J connectivity index is 1.62. The average Bonchev–Trinajstić information content (AvgIpc) is 3.02. The maximum atomic E-state index is 12.1. The molecule has 1 aliphatic heterocycles. The van der Waals surface area contributed by atoms with E-state index in [0.29, 0.717) is 18.8 Å². The lowest BCUT2D eigenvalue weighted by molar-refractivity contribution is 0.0705. The van der Waals surface area contributed by atoms with Crippen molar-refractivity contribution in [3.8, 4) is 0 Å². The Morgan fingerprint density at radius 3 is 2.42 bits per heavy atom. The summed E-state index contributed by atoms with van der Waals surface area (Å²) in [5, 5.41) is 3.57. The molecule has 1 amide bonds. The SMILES string of the molecule is O=C(c1ccno1)N1CCN(c2ccccc2)CC1. The normalized spacial score (nSPS) is 15.6. The first-order valence-corrected chi connectivity index (χ1v) is 6.34. The number of aromatic nitrogens is 1. The number of anilines is 1. The number of hydrogen-bond acceptors (Lipinski definition) is 4. The summed E-state index contributed by atoms with van der Waals surface area (Å²) >= 11 is 0. The molecule has 0 unspecified atom stereocenters. The van der Waals surface area contributed by atoms with Gasteiger partial charge in [0.05, 0.1) is 6.20 Å². The van der Waals surface area contributed by atoms with Gasteiger partial charge in [-0.05, 0) is 12.1 Å². The van der Waals surface area contributed by atoms with Crippen LogP contribution in [0.2, 0.25) is 0 Å². The Hall–Kier alpha value is -2.30. The smallest absolute Gasteiger partial charge is 0.292 e. The lowest BCUT2D eigenvalue weighted by Crippen LogP contribution is -2.48. The van der Waals surface area contributed by atoms with Gasteiger partial charge >= 0.3 is 0 Å². The number of nitrogens with zero attached hydrogens (tertiary/aromatic N) is 3. The summed E-state index contributed by atoms with van der Waals surface area (Å²) in [7, 11) is 0.